The van der Waals surface area contributed by atoms with Gasteiger partial charge in [0.15, 0.2) is 0 Å². The molecule has 11 heteroatoms. The van der Waals surface area contributed by atoms with Crippen LogP contribution in [0.3, 0.4) is 0 Å². The lowest BCUT2D eigenvalue weighted by atomic mass is 10.1. The van der Waals surface area contributed by atoms with Crippen molar-refractivity contribution in [3.8, 4) is 0 Å². The third-order valence-electron chi connectivity index (χ3n) is 7.07. The topological polar surface area (TPSA) is 86.8 Å². The number of rotatable bonds is 12. The molecule has 3 aromatic carbocycles. The van der Waals surface area contributed by atoms with Crippen LogP contribution in [-0.4, -0.2) is 43.8 Å². The van der Waals surface area contributed by atoms with Gasteiger partial charge in [-0.1, -0.05) is 78.5 Å². The van der Waals surface area contributed by atoms with Crippen LogP contribution in [0, 0.1) is 13.8 Å². The number of anilines is 1. The van der Waals surface area contributed by atoms with Crippen LogP contribution in [0.25, 0.3) is 0 Å². The van der Waals surface area contributed by atoms with E-state index in [1.165, 1.54) is 23.1 Å². The van der Waals surface area contributed by atoms with Gasteiger partial charge in [-0.3, -0.25) is 13.9 Å². The SMILES string of the molecule is CCC(C)NC(=O)C(CC)N(Cc1ccc(Cl)cc1Cl)C(=O)CN(c1cc(Cl)ccc1C)S(=O)(=O)c1ccc(C)cc1. The predicted molar refractivity (Wildman–Crippen MR) is 171 cm³/mol. The molecular weight excluding hydrogens is 617 g/mol. The first-order chi connectivity index (χ1) is 19.8. The Bertz CT molecular complexity index is 1530. The van der Waals surface area contributed by atoms with Crippen molar-refractivity contribution in [1.29, 1.82) is 0 Å². The third-order valence-corrected chi connectivity index (χ3v) is 9.67. The number of benzene rings is 3. The molecular formula is C31H36Cl3N3O4S. The average molecular weight is 653 g/mol. The number of carbonyl (C=O) groups is 2. The number of hydrogen-bond donors (Lipinski definition) is 1. The summed E-state index contributed by atoms with van der Waals surface area (Å²) in [5.41, 5.74) is 2.32. The summed E-state index contributed by atoms with van der Waals surface area (Å²) in [6.45, 7) is 8.62. The van der Waals surface area contributed by atoms with Crippen LogP contribution in [0.4, 0.5) is 5.69 Å². The summed E-state index contributed by atoms with van der Waals surface area (Å²) in [6, 6.07) is 15.1. The van der Waals surface area contributed by atoms with E-state index in [4.69, 9.17) is 34.8 Å². The molecule has 2 amide bonds. The molecule has 226 valence electrons. The Kier molecular flexibility index (Phi) is 11.7. The lowest BCUT2D eigenvalue weighted by Crippen LogP contribution is -2.53. The summed E-state index contributed by atoms with van der Waals surface area (Å²) in [5.74, 6) is -0.917. The van der Waals surface area contributed by atoms with E-state index >= 15 is 0 Å². The van der Waals surface area contributed by atoms with Crippen molar-refractivity contribution < 1.29 is 18.0 Å². The Labute approximate surface area is 263 Å². The highest BCUT2D eigenvalue weighted by Crippen LogP contribution is 2.31. The van der Waals surface area contributed by atoms with Gasteiger partial charge in [-0.2, -0.15) is 0 Å². The van der Waals surface area contributed by atoms with Crippen molar-refractivity contribution in [2.24, 2.45) is 0 Å². The maximum atomic E-state index is 14.2. The largest absolute Gasteiger partial charge is 0.352 e. The molecule has 42 heavy (non-hydrogen) atoms. The molecule has 3 aromatic rings. The second-order valence-corrected chi connectivity index (χ2v) is 13.4. The normalized spacial score (nSPS) is 12.9. The first kappa shape index (κ1) is 33.7. The van der Waals surface area contributed by atoms with E-state index in [1.807, 2.05) is 20.8 Å². The van der Waals surface area contributed by atoms with Gasteiger partial charge in [0.25, 0.3) is 10.0 Å². The molecule has 0 heterocycles. The van der Waals surface area contributed by atoms with Gasteiger partial charge in [0, 0.05) is 27.7 Å². The highest BCUT2D eigenvalue weighted by molar-refractivity contribution is 7.92. The van der Waals surface area contributed by atoms with Crippen molar-refractivity contribution in [3.63, 3.8) is 0 Å². The van der Waals surface area contributed by atoms with Gasteiger partial charge in [0.2, 0.25) is 11.8 Å². The fourth-order valence-electron chi connectivity index (χ4n) is 4.40. The molecule has 0 aromatic heterocycles. The van der Waals surface area contributed by atoms with Crippen LogP contribution in [0.1, 0.15) is 50.3 Å². The molecule has 3 rings (SSSR count). The third kappa shape index (κ3) is 8.19. The minimum Gasteiger partial charge on any atom is -0.352 e. The first-order valence-corrected chi connectivity index (χ1v) is 16.2. The van der Waals surface area contributed by atoms with E-state index in [1.54, 1.807) is 56.3 Å². The van der Waals surface area contributed by atoms with Gasteiger partial charge >= 0.3 is 0 Å². The van der Waals surface area contributed by atoms with E-state index in [0.29, 0.717) is 39.0 Å². The highest BCUT2D eigenvalue weighted by atomic mass is 35.5. The van der Waals surface area contributed by atoms with Gasteiger partial charge < -0.3 is 10.2 Å². The van der Waals surface area contributed by atoms with Crippen LogP contribution in [-0.2, 0) is 26.2 Å². The molecule has 0 spiro atoms. The van der Waals surface area contributed by atoms with Crippen LogP contribution < -0.4 is 9.62 Å². The van der Waals surface area contributed by atoms with Gasteiger partial charge in [0.05, 0.1) is 10.6 Å². The summed E-state index contributed by atoms with van der Waals surface area (Å²) in [7, 11) is -4.22. The summed E-state index contributed by atoms with van der Waals surface area (Å²) in [6.07, 6.45) is 0.996. The molecule has 0 aliphatic carbocycles. The number of nitrogens with zero attached hydrogens (tertiary/aromatic N) is 2. The lowest BCUT2D eigenvalue weighted by molar-refractivity contribution is -0.140. The zero-order valence-corrected chi connectivity index (χ0v) is 27.4. The van der Waals surface area contributed by atoms with E-state index in [-0.39, 0.29) is 29.1 Å². The van der Waals surface area contributed by atoms with Crippen molar-refractivity contribution in [2.45, 2.75) is 71.0 Å². The Morgan fingerprint density at radius 1 is 0.881 bits per heavy atom. The monoisotopic (exact) mass is 651 g/mol. The van der Waals surface area contributed by atoms with Crippen LogP contribution in [0.5, 0.6) is 0 Å². The quantitative estimate of drug-likeness (QED) is 0.225. The molecule has 2 atom stereocenters. The highest BCUT2D eigenvalue weighted by Gasteiger charge is 2.34. The maximum absolute atomic E-state index is 14.2. The zero-order chi connectivity index (χ0) is 31.2. The van der Waals surface area contributed by atoms with Gasteiger partial charge in [-0.15, -0.1) is 0 Å². The van der Waals surface area contributed by atoms with Crippen molar-refractivity contribution in [1.82, 2.24) is 10.2 Å². The molecule has 2 unspecified atom stereocenters. The van der Waals surface area contributed by atoms with Gasteiger partial charge in [-0.05, 0) is 81.1 Å². The lowest BCUT2D eigenvalue weighted by Gasteiger charge is -2.34. The molecule has 0 bridgehead atoms. The number of nitrogens with one attached hydrogen (secondary N) is 1. The fraction of sp³-hybridized carbons (Fsp3) is 0.355. The Morgan fingerprint density at radius 3 is 2.10 bits per heavy atom. The van der Waals surface area contributed by atoms with Crippen LogP contribution in [0.15, 0.2) is 65.6 Å². The van der Waals surface area contributed by atoms with Crippen LogP contribution >= 0.6 is 34.8 Å². The minimum atomic E-state index is -4.22. The van der Waals surface area contributed by atoms with Gasteiger partial charge in [0.1, 0.15) is 12.6 Å². The smallest absolute Gasteiger partial charge is 0.264 e. The van der Waals surface area contributed by atoms with E-state index in [9.17, 15) is 18.0 Å². The standard InChI is InChI=1S/C31H36Cl3N3O4S/c1-6-22(5)35-31(39)28(7-2)36(18-23-11-13-24(32)16-27(23)34)30(38)19-37(29-17-25(33)12-10-21(29)4)42(40,41)26-14-8-20(3)9-15-26/h8-17,22,28H,6-7,18-19H2,1-5H3,(H,35,39). The van der Waals surface area contributed by atoms with Crippen molar-refractivity contribution in [3.05, 3.63) is 92.4 Å². The van der Waals surface area contributed by atoms with Gasteiger partial charge in [-0.25, -0.2) is 8.42 Å². The number of hydrogen-bond acceptors (Lipinski definition) is 4. The number of halogens is 3. The number of aryl methyl sites for hydroxylation is 2. The summed E-state index contributed by atoms with van der Waals surface area (Å²) in [4.78, 5) is 29.1. The Balaban J connectivity index is 2.12. The molecule has 0 aliphatic rings. The van der Waals surface area contributed by atoms with E-state index in [0.717, 1.165) is 9.87 Å². The molecule has 0 radical (unpaired) electrons. The van der Waals surface area contributed by atoms with Crippen molar-refractivity contribution in [2.75, 3.05) is 10.8 Å². The van der Waals surface area contributed by atoms with Crippen LogP contribution in [0.2, 0.25) is 15.1 Å². The summed E-state index contributed by atoms with van der Waals surface area (Å²) >= 11 is 18.9. The first-order valence-electron chi connectivity index (χ1n) is 13.7. The Hall–Kier alpha value is -2.78. The molecule has 1 N–H and O–H groups in total. The minimum absolute atomic E-state index is 0.0223. The maximum Gasteiger partial charge on any atom is 0.264 e. The summed E-state index contributed by atoms with van der Waals surface area (Å²) < 4.78 is 29.2. The number of amides is 2. The van der Waals surface area contributed by atoms with E-state index < -0.39 is 28.5 Å². The second kappa shape index (κ2) is 14.6. The molecule has 0 saturated heterocycles. The average Bonchev–Trinajstić information content (AvgIpc) is 2.94. The molecule has 0 aliphatic heterocycles. The fourth-order valence-corrected chi connectivity index (χ4v) is 6.50. The molecule has 0 fully saturated rings. The number of sulfonamides is 1. The van der Waals surface area contributed by atoms with Crippen molar-refractivity contribution >= 4 is 62.3 Å². The van der Waals surface area contributed by atoms with E-state index in [2.05, 4.69) is 5.32 Å². The second-order valence-electron chi connectivity index (χ2n) is 10.3. The zero-order valence-electron chi connectivity index (χ0n) is 24.3. The summed E-state index contributed by atoms with van der Waals surface area (Å²) in [5, 5.41) is 4.02. The number of carbonyl (C=O) groups excluding carboxylic acids is 2. The predicted octanol–water partition coefficient (Wildman–Crippen LogP) is 7.18. The Morgan fingerprint density at radius 2 is 1.50 bits per heavy atom. The molecule has 7 nitrogen and oxygen atoms in total. The molecule has 0 saturated carbocycles.